The topological polar surface area (TPSA) is 114 Å². The van der Waals surface area contributed by atoms with Crippen molar-refractivity contribution in [3.05, 3.63) is 11.8 Å². The fourth-order valence-corrected chi connectivity index (χ4v) is 3.36. The van der Waals surface area contributed by atoms with E-state index in [2.05, 4.69) is 10.4 Å². The number of aliphatic carboxylic acids is 1. The second kappa shape index (κ2) is 6.83. The number of ether oxygens (including phenoxy) is 1. The maximum absolute atomic E-state index is 12.7. The molecule has 2 aliphatic rings. The number of anilines is 1. The first-order chi connectivity index (χ1) is 11.9. The van der Waals surface area contributed by atoms with Gasteiger partial charge in [0.15, 0.2) is 6.10 Å². The minimum Gasteiger partial charge on any atom is -0.479 e. The highest BCUT2D eigenvalue weighted by Gasteiger charge is 2.38. The van der Waals surface area contributed by atoms with Gasteiger partial charge in [-0.15, -0.1) is 0 Å². The second-order valence-corrected chi connectivity index (χ2v) is 6.49. The zero-order valence-electron chi connectivity index (χ0n) is 14.3. The van der Waals surface area contributed by atoms with Crippen LogP contribution in [0.5, 0.6) is 0 Å². The monoisotopic (exact) mass is 350 g/mol. The summed E-state index contributed by atoms with van der Waals surface area (Å²) in [5, 5.41) is 15.9. The lowest BCUT2D eigenvalue weighted by molar-refractivity contribution is -0.152. The number of nitrogens with one attached hydrogen (secondary N) is 1. The third kappa shape index (κ3) is 3.51. The Balaban J connectivity index is 1.65. The molecule has 0 radical (unpaired) electrons. The van der Waals surface area contributed by atoms with Crippen LogP contribution < -0.4 is 10.2 Å². The van der Waals surface area contributed by atoms with E-state index in [9.17, 15) is 14.4 Å². The SMILES string of the molecule is Cc1cc(N2CCCC(NC(=O)[C@@H]3CC[C@H](C(=O)O)O3)C2=O)n(C)n1. The normalized spacial score (nSPS) is 26.7. The molecule has 3 heterocycles. The number of carboxylic acid groups (broad SMARTS) is 1. The summed E-state index contributed by atoms with van der Waals surface area (Å²) in [7, 11) is 1.77. The molecule has 3 atom stereocenters. The zero-order valence-corrected chi connectivity index (χ0v) is 14.3. The van der Waals surface area contributed by atoms with E-state index in [1.165, 1.54) is 0 Å². The predicted octanol–water partition coefficient (Wildman–Crippen LogP) is -0.0277. The lowest BCUT2D eigenvalue weighted by Crippen LogP contribution is -2.54. The number of piperidine rings is 1. The van der Waals surface area contributed by atoms with E-state index in [0.29, 0.717) is 31.6 Å². The zero-order chi connectivity index (χ0) is 18.1. The van der Waals surface area contributed by atoms with Crippen molar-refractivity contribution in [3.8, 4) is 0 Å². The fourth-order valence-electron chi connectivity index (χ4n) is 3.36. The molecule has 2 fully saturated rings. The van der Waals surface area contributed by atoms with E-state index in [1.807, 2.05) is 13.0 Å². The molecule has 2 N–H and O–H groups in total. The molecule has 0 saturated carbocycles. The Morgan fingerprint density at radius 3 is 2.64 bits per heavy atom. The standard InChI is InChI=1S/C16H22N4O5/c1-9-8-13(19(2)18-9)20-7-3-4-10(15(20)22)17-14(21)11-5-6-12(25-11)16(23)24/h8,10-12H,3-7H2,1-2H3,(H,17,21)(H,23,24)/t10?,11-,12+/m0/s1. The van der Waals surface area contributed by atoms with Crippen LogP contribution in [-0.2, 0) is 26.2 Å². The molecule has 1 aromatic heterocycles. The van der Waals surface area contributed by atoms with Crippen molar-refractivity contribution in [2.45, 2.75) is 50.9 Å². The Kier molecular flexibility index (Phi) is 4.76. The van der Waals surface area contributed by atoms with Gasteiger partial charge in [-0.2, -0.15) is 5.10 Å². The van der Waals surface area contributed by atoms with E-state index in [0.717, 1.165) is 12.1 Å². The molecular weight excluding hydrogens is 328 g/mol. The summed E-state index contributed by atoms with van der Waals surface area (Å²) in [4.78, 5) is 37.6. The van der Waals surface area contributed by atoms with E-state index < -0.39 is 30.1 Å². The first-order valence-electron chi connectivity index (χ1n) is 8.37. The highest BCUT2D eigenvalue weighted by atomic mass is 16.5. The summed E-state index contributed by atoms with van der Waals surface area (Å²) in [6.07, 6.45) is 0.174. The van der Waals surface area contributed by atoms with E-state index in [4.69, 9.17) is 9.84 Å². The van der Waals surface area contributed by atoms with Gasteiger partial charge in [-0.25, -0.2) is 4.79 Å². The van der Waals surface area contributed by atoms with Crippen molar-refractivity contribution < 1.29 is 24.2 Å². The van der Waals surface area contributed by atoms with Gasteiger partial charge in [0.2, 0.25) is 5.91 Å². The number of nitrogens with zero attached hydrogens (tertiary/aromatic N) is 3. The molecule has 9 nitrogen and oxygen atoms in total. The van der Waals surface area contributed by atoms with Gasteiger partial charge in [-0.1, -0.05) is 0 Å². The Morgan fingerprint density at radius 1 is 1.32 bits per heavy atom. The van der Waals surface area contributed by atoms with Crippen molar-refractivity contribution >= 4 is 23.6 Å². The molecule has 25 heavy (non-hydrogen) atoms. The molecule has 2 saturated heterocycles. The van der Waals surface area contributed by atoms with Gasteiger partial charge >= 0.3 is 5.97 Å². The molecule has 0 bridgehead atoms. The average molecular weight is 350 g/mol. The van der Waals surface area contributed by atoms with Crippen LogP contribution >= 0.6 is 0 Å². The number of carbonyl (C=O) groups is 3. The first kappa shape index (κ1) is 17.4. The van der Waals surface area contributed by atoms with Crippen LogP contribution in [0.2, 0.25) is 0 Å². The Bertz CT molecular complexity index is 701. The van der Waals surface area contributed by atoms with Crippen LogP contribution in [0.25, 0.3) is 0 Å². The van der Waals surface area contributed by atoms with Crippen LogP contribution in [0.15, 0.2) is 6.07 Å². The van der Waals surface area contributed by atoms with Crippen molar-refractivity contribution in [3.63, 3.8) is 0 Å². The molecule has 136 valence electrons. The highest BCUT2D eigenvalue weighted by Crippen LogP contribution is 2.23. The maximum Gasteiger partial charge on any atom is 0.332 e. The summed E-state index contributed by atoms with van der Waals surface area (Å²) in [5.74, 6) is -0.980. The number of carbonyl (C=O) groups excluding carboxylic acids is 2. The molecule has 3 rings (SSSR count). The predicted molar refractivity (Wildman–Crippen MR) is 87.0 cm³/mol. The van der Waals surface area contributed by atoms with Crippen LogP contribution in [0.4, 0.5) is 5.82 Å². The Hall–Kier alpha value is -2.42. The summed E-state index contributed by atoms with van der Waals surface area (Å²) in [5.41, 5.74) is 0.815. The number of amides is 2. The molecular formula is C16H22N4O5. The summed E-state index contributed by atoms with van der Waals surface area (Å²) >= 11 is 0. The van der Waals surface area contributed by atoms with E-state index in [-0.39, 0.29) is 5.91 Å². The lowest BCUT2D eigenvalue weighted by atomic mass is 10.0. The number of aryl methyl sites for hydroxylation is 2. The molecule has 0 aromatic carbocycles. The Labute approximate surface area is 144 Å². The molecule has 1 unspecified atom stereocenters. The lowest BCUT2D eigenvalue weighted by Gasteiger charge is -2.32. The molecule has 2 aliphatic heterocycles. The van der Waals surface area contributed by atoms with Gasteiger partial charge in [-0.05, 0) is 32.6 Å². The number of hydrogen-bond acceptors (Lipinski definition) is 5. The highest BCUT2D eigenvalue weighted by molar-refractivity contribution is 5.99. The van der Waals surface area contributed by atoms with Crippen molar-refractivity contribution in [1.82, 2.24) is 15.1 Å². The second-order valence-electron chi connectivity index (χ2n) is 6.49. The largest absolute Gasteiger partial charge is 0.479 e. The summed E-state index contributed by atoms with van der Waals surface area (Å²) in [6.45, 7) is 2.43. The molecule has 9 heteroatoms. The van der Waals surface area contributed by atoms with Crippen LogP contribution in [0, 0.1) is 6.92 Å². The minimum atomic E-state index is -1.07. The van der Waals surface area contributed by atoms with Crippen molar-refractivity contribution in [2.24, 2.45) is 7.05 Å². The average Bonchev–Trinajstić information content (AvgIpc) is 3.16. The smallest absolute Gasteiger partial charge is 0.332 e. The van der Waals surface area contributed by atoms with Crippen LogP contribution in [-0.4, -0.2) is 57.5 Å². The van der Waals surface area contributed by atoms with Gasteiger partial charge in [0, 0.05) is 19.7 Å². The maximum atomic E-state index is 12.7. The number of carboxylic acids is 1. The van der Waals surface area contributed by atoms with Gasteiger partial charge in [0.1, 0.15) is 18.0 Å². The number of aromatic nitrogens is 2. The van der Waals surface area contributed by atoms with Crippen molar-refractivity contribution in [1.29, 1.82) is 0 Å². The first-order valence-corrected chi connectivity index (χ1v) is 8.37. The van der Waals surface area contributed by atoms with E-state index in [1.54, 1.807) is 16.6 Å². The molecule has 1 aromatic rings. The molecule has 2 amide bonds. The third-order valence-corrected chi connectivity index (χ3v) is 4.60. The molecule has 0 aliphatic carbocycles. The van der Waals surface area contributed by atoms with Gasteiger partial charge in [-0.3, -0.25) is 19.2 Å². The summed E-state index contributed by atoms with van der Waals surface area (Å²) in [6, 6.07) is 1.20. The van der Waals surface area contributed by atoms with E-state index >= 15 is 0 Å². The fraction of sp³-hybridized carbons (Fsp3) is 0.625. The number of rotatable bonds is 4. The van der Waals surface area contributed by atoms with Crippen LogP contribution in [0.1, 0.15) is 31.4 Å². The summed E-state index contributed by atoms with van der Waals surface area (Å²) < 4.78 is 6.89. The molecule has 0 spiro atoms. The van der Waals surface area contributed by atoms with Gasteiger partial charge in [0.25, 0.3) is 5.91 Å². The van der Waals surface area contributed by atoms with Gasteiger partial charge in [0.05, 0.1) is 5.69 Å². The van der Waals surface area contributed by atoms with Crippen molar-refractivity contribution in [2.75, 3.05) is 11.4 Å². The van der Waals surface area contributed by atoms with Crippen LogP contribution in [0.3, 0.4) is 0 Å². The Morgan fingerprint density at radius 2 is 2.04 bits per heavy atom. The van der Waals surface area contributed by atoms with Gasteiger partial charge < -0.3 is 15.2 Å². The number of hydrogen-bond donors (Lipinski definition) is 2. The minimum absolute atomic E-state index is 0.185. The quantitative estimate of drug-likeness (QED) is 0.788. The third-order valence-electron chi connectivity index (χ3n) is 4.60.